The molecule has 296 valence electrons. The van der Waals surface area contributed by atoms with Crippen LogP contribution in [0.5, 0.6) is 0 Å². The van der Waals surface area contributed by atoms with Crippen LogP contribution in [0.3, 0.4) is 0 Å². The molecule has 57 heavy (non-hydrogen) atoms. The van der Waals surface area contributed by atoms with Gasteiger partial charge in [0.05, 0.1) is 45.9 Å². The van der Waals surface area contributed by atoms with E-state index in [0.717, 1.165) is 0 Å². The number of imidazole rings is 2. The minimum Gasteiger partial charge on any atom is -0.395 e. The first-order chi connectivity index (χ1) is 27.3. The molecular formula is C37H45N16O4+. The number of pyridine rings is 1. The predicted molar refractivity (Wildman–Crippen MR) is 214 cm³/mol. The van der Waals surface area contributed by atoms with Crippen LogP contribution in [0.25, 0.3) is 22.2 Å². The molecule has 0 saturated carbocycles. The minimum atomic E-state index is -0.636. The number of carbonyl (C=O) groups is 4. The maximum atomic E-state index is 13.8. The lowest BCUT2D eigenvalue weighted by Crippen LogP contribution is -2.57. The summed E-state index contributed by atoms with van der Waals surface area (Å²) in [6, 6.07) is 6.55. The van der Waals surface area contributed by atoms with Crippen LogP contribution < -0.4 is 42.8 Å². The number of nitrogen functional groups attached to an aromatic ring is 1. The molecule has 4 amide bonds. The van der Waals surface area contributed by atoms with Crippen LogP contribution in [0.2, 0.25) is 0 Å². The number of aryl methyl sites for hydroxylation is 4. The molecule has 6 aromatic rings. The van der Waals surface area contributed by atoms with Crippen LogP contribution in [0.1, 0.15) is 73.3 Å². The summed E-state index contributed by atoms with van der Waals surface area (Å²) < 4.78 is 8.60. The molecule has 20 nitrogen and oxygen atoms in total. The number of hydrogen-bond acceptors (Lipinski definition) is 11. The highest BCUT2D eigenvalue weighted by Gasteiger charge is 2.29. The van der Waals surface area contributed by atoms with Crippen molar-refractivity contribution in [2.75, 3.05) is 46.8 Å². The van der Waals surface area contributed by atoms with E-state index >= 15 is 0 Å². The van der Waals surface area contributed by atoms with E-state index in [1.165, 1.54) is 4.68 Å². The quantitative estimate of drug-likeness (QED) is 0.0956. The van der Waals surface area contributed by atoms with Gasteiger partial charge in [-0.25, -0.2) is 9.99 Å². The van der Waals surface area contributed by atoms with Gasteiger partial charge in [0, 0.05) is 38.8 Å². The Bertz CT molecular complexity index is 2630. The third-order valence-electron chi connectivity index (χ3n) is 9.81. The first kappa shape index (κ1) is 38.0. The molecule has 0 unspecified atom stereocenters. The fourth-order valence-corrected chi connectivity index (χ4v) is 7.02. The standard InChI is InChI=1S/C37H44N16O4/c1-6-51-27(15-20(3)46-51)33(56)44-37-43-26-18-23(32(40)55)19-53-35(26)50(37)14-9-8-13-49-29-24(41-11-10-12-48(53)5)16-22(31(39)54)17-25(29)42-36(49)45-34(57)30-28(38)21(4)47-52(30)7-2/h8-9,15-19,41H,6-7,10-14H2,1-5H3,(H7-,38,39,40,42,43,44,45,54,55,56,57)/p+1/b9-8+. The first-order valence-corrected chi connectivity index (χ1v) is 18.5. The normalized spacial score (nSPS) is 13.9. The van der Waals surface area contributed by atoms with Crippen molar-refractivity contribution < 1.29 is 23.9 Å². The van der Waals surface area contributed by atoms with E-state index in [0.29, 0.717) is 77.6 Å². The summed E-state index contributed by atoms with van der Waals surface area (Å²) in [5, 5.41) is 20.1. The van der Waals surface area contributed by atoms with Gasteiger partial charge in [0.25, 0.3) is 17.7 Å². The number of aromatic nitrogens is 9. The van der Waals surface area contributed by atoms with Gasteiger partial charge in [-0.3, -0.25) is 39.2 Å². The van der Waals surface area contributed by atoms with Crippen molar-refractivity contribution in [3.8, 4) is 0 Å². The Kier molecular flexibility index (Phi) is 10.1. The van der Waals surface area contributed by atoms with Gasteiger partial charge >= 0.3 is 11.6 Å². The highest BCUT2D eigenvalue weighted by Crippen LogP contribution is 2.30. The van der Waals surface area contributed by atoms with E-state index in [1.54, 1.807) is 46.7 Å². The Morgan fingerprint density at radius 1 is 0.842 bits per heavy atom. The van der Waals surface area contributed by atoms with Crippen LogP contribution in [-0.4, -0.2) is 82.4 Å². The highest BCUT2D eigenvalue weighted by molar-refractivity contribution is 6.08. The molecular weight excluding hydrogens is 733 g/mol. The number of nitrogens with one attached hydrogen (secondary N) is 3. The Morgan fingerprint density at radius 3 is 2.19 bits per heavy atom. The van der Waals surface area contributed by atoms with E-state index < -0.39 is 23.6 Å². The lowest BCUT2D eigenvalue weighted by molar-refractivity contribution is -0.667. The number of benzene rings is 1. The zero-order chi connectivity index (χ0) is 40.7. The summed E-state index contributed by atoms with van der Waals surface area (Å²) in [4.78, 5) is 62.1. The molecule has 7 rings (SSSR count). The van der Waals surface area contributed by atoms with Crippen LogP contribution in [0.4, 0.5) is 23.3 Å². The summed E-state index contributed by atoms with van der Waals surface area (Å²) in [5.74, 6) is -1.74. The van der Waals surface area contributed by atoms with Crippen molar-refractivity contribution in [2.45, 2.75) is 60.3 Å². The zero-order valence-electron chi connectivity index (χ0n) is 32.3. The van der Waals surface area contributed by atoms with Gasteiger partial charge in [0.15, 0.2) is 5.52 Å². The maximum absolute atomic E-state index is 13.8. The average Bonchev–Trinajstić information content (AvgIpc) is 3.91. The number of nitrogens with two attached hydrogens (primary N) is 3. The fourth-order valence-electron chi connectivity index (χ4n) is 7.02. The monoisotopic (exact) mass is 777 g/mol. The van der Waals surface area contributed by atoms with E-state index in [4.69, 9.17) is 27.2 Å². The first-order valence-electron chi connectivity index (χ1n) is 18.5. The second kappa shape index (κ2) is 15.1. The van der Waals surface area contributed by atoms with Crippen molar-refractivity contribution in [2.24, 2.45) is 11.5 Å². The smallest absolute Gasteiger partial charge is 0.334 e. The number of allylic oxidation sites excluding steroid dienone is 2. The molecule has 0 spiro atoms. The lowest BCUT2D eigenvalue weighted by atomic mass is 10.1. The summed E-state index contributed by atoms with van der Waals surface area (Å²) in [7, 11) is 1.87. The average molecular weight is 778 g/mol. The molecule has 0 aliphatic carbocycles. The molecule has 5 aromatic heterocycles. The third-order valence-corrected chi connectivity index (χ3v) is 9.81. The summed E-state index contributed by atoms with van der Waals surface area (Å²) >= 11 is 0. The molecule has 0 radical (unpaired) electrons. The van der Waals surface area contributed by atoms with Gasteiger partial charge < -0.3 is 27.1 Å². The second-order valence-corrected chi connectivity index (χ2v) is 13.7. The van der Waals surface area contributed by atoms with Gasteiger partial charge in [-0.15, -0.1) is 4.68 Å². The number of amides is 4. The lowest BCUT2D eigenvalue weighted by Gasteiger charge is -2.18. The zero-order valence-corrected chi connectivity index (χ0v) is 32.3. The van der Waals surface area contributed by atoms with Crippen LogP contribution in [0.15, 0.2) is 42.6 Å². The molecule has 0 fully saturated rings. The highest BCUT2D eigenvalue weighted by atomic mass is 16.2. The summed E-state index contributed by atoms with van der Waals surface area (Å²) in [5.41, 5.74) is 23.0. The van der Waals surface area contributed by atoms with Gasteiger partial charge in [-0.05, 0) is 64.5 Å². The van der Waals surface area contributed by atoms with E-state index in [1.807, 2.05) is 54.1 Å². The number of primary amides is 2. The number of anilines is 4. The number of rotatable bonds is 8. The van der Waals surface area contributed by atoms with Crippen LogP contribution in [-0.2, 0) is 26.2 Å². The molecule has 9 N–H and O–H groups in total. The summed E-state index contributed by atoms with van der Waals surface area (Å²) in [6.45, 7) is 9.58. The molecule has 0 bridgehead atoms. The molecule has 20 heteroatoms. The SMILES string of the molecule is CCn1nc(C)cc1C(=O)Nc1nc2cc(C(N)=O)c[n+]3c2n1C/C=C/Cn1c(NC(=O)c2c(N)c(C)nn2CC)nc2cc(C(N)=O)cc(c21)NCCCN3C. The molecule has 1 aliphatic heterocycles. The minimum absolute atomic E-state index is 0.203. The molecule has 0 saturated heterocycles. The predicted octanol–water partition coefficient (Wildman–Crippen LogP) is 1.65. The van der Waals surface area contributed by atoms with Crippen molar-refractivity contribution in [3.63, 3.8) is 0 Å². The molecule has 0 atom stereocenters. The number of nitrogens with zero attached hydrogens (tertiary/aromatic N) is 10. The van der Waals surface area contributed by atoms with Crippen LogP contribution in [0, 0.1) is 13.8 Å². The third kappa shape index (κ3) is 7.07. The van der Waals surface area contributed by atoms with Gasteiger partial charge in [0.2, 0.25) is 11.9 Å². The number of carbonyl (C=O) groups excluding carboxylic acids is 4. The molecule has 1 aliphatic rings. The van der Waals surface area contributed by atoms with E-state index in [-0.39, 0.29) is 47.5 Å². The van der Waals surface area contributed by atoms with E-state index in [2.05, 4.69) is 26.1 Å². The maximum Gasteiger partial charge on any atom is 0.334 e. The fraction of sp³-hybridized carbons (Fsp3) is 0.324. The number of hydrogen-bond donors (Lipinski definition) is 6. The Hall–Kier alpha value is -7.25. The van der Waals surface area contributed by atoms with E-state index in [9.17, 15) is 19.2 Å². The van der Waals surface area contributed by atoms with Crippen LogP contribution >= 0.6 is 0 Å². The van der Waals surface area contributed by atoms with Gasteiger partial charge in [0.1, 0.15) is 24.1 Å². The largest absolute Gasteiger partial charge is 0.395 e. The Labute approximate surface area is 326 Å². The Morgan fingerprint density at radius 2 is 1.49 bits per heavy atom. The van der Waals surface area contributed by atoms with Crippen molar-refractivity contribution in [1.82, 2.24) is 38.7 Å². The topological polar surface area (TPSA) is 261 Å². The van der Waals surface area contributed by atoms with Crippen molar-refractivity contribution in [1.29, 1.82) is 0 Å². The Balaban J connectivity index is 1.34. The second-order valence-electron chi connectivity index (χ2n) is 13.7. The van der Waals surface area contributed by atoms with Gasteiger partial charge in [-0.2, -0.15) is 19.7 Å². The van der Waals surface area contributed by atoms with Crippen molar-refractivity contribution >= 4 is 69.1 Å². The molecule has 6 heterocycles. The summed E-state index contributed by atoms with van der Waals surface area (Å²) in [6.07, 6.45) is 6.00. The molecule has 1 aromatic carbocycles. The van der Waals surface area contributed by atoms with Crippen molar-refractivity contribution in [3.05, 3.63) is 76.5 Å². The van der Waals surface area contributed by atoms with Gasteiger partial charge in [-0.1, -0.05) is 6.08 Å².